The van der Waals surface area contributed by atoms with Gasteiger partial charge in [0.25, 0.3) is 5.91 Å². The summed E-state index contributed by atoms with van der Waals surface area (Å²) in [6.07, 6.45) is 0. The summed E-state index contributed by atoms with van der Waals surface area (Å²) in [5.41, 5.74) is -0.118. The van der Waals surface area contributed by atoms with E-state index in [2.05, 4.69) is 4.74 Å². The summed E-state index contributed by atoms with van der Waals surface area (Å²) in [4.78, 5) is 25.3. The average Bonchev–Trinajstić information content (AvgIpc) is 2.49. The van der Waals surface area contributed by atoms with Gasteiger partial charge >= 0.3 is 5.97 Å². The van der Waals surface area contributed by atoms with Crippen molar-refractivity contribution in [1.29, 1.82) is 0 Å². The maximum Gasteiger partial charge on any atom is 0.331 e. The molecule has 21 heavy (non-hydrogen) atoms. The zero-order valence-electron chi connectivity index (χ0n) is 11.7. The molecular formula is C14H15F2NO4. The number of rotatable bonds is 2. The van der Waals surface area contributed by atoms with Gasteiger partial charge in [0, 0.05) is 12.6 Å². The Balaban J connectivity index is 2.33. The second kappa shape index (κ2) is 6.17. The summed E-state index contributed by atoms with van der Waals surface area (Å²) in [6, 6.07) is 0.869. The van der Waals surface area contributed by atoms with Crippen molar-refractivity contribution in [3.63, 3.8) is 0 Å². The van der Waals surface area contributed by atoms with E-state index in [0.29, 0.717) is 6.07 Å². The standard InChI is InChI=1S/C14H15F2NO4/c1-8-5-9(11(16)6-10(8)15)13(18)17-3-4-21-7-12(17)14(19)20-2/h5-6,12H,3-4,7H2,1-2H3. The van der Waals surface area contributed by atoms with Crippen molar-refractivity contribution in [3.8, 4) is 0 Å². The molecule has 0 radical (unpaired) electrons. The summed E-state index contributed by atoms with van der Waals surface area (Å²) < 4.78 is 36.8. The molecule has 1 aliphatic heterocycles. The van der Waals surface area contributed by atoms with Gasteiger partial charge in [-0.25, -0.2) is 13.6 Å². The molecule has 0 N–H and O–H groups in total. The van der Waals surface area contributed by atoms with Gasteiger partial charge in [-0.2, -0.15) is 0 Å². The van der Waals surface area contributed by atoms with Crippen LogP contribution in [0.25, 0.3) is 0 Å². The van der Waals surface area contributed by atoms with E-state index in [-0.39, 0.29) is 30.9 Å². The highest BCUT2D eigenvalue weighted by Gasteiger charge is 2.35. The molecule has 0 spiro atoms. The lowest BCUT2D eigenvalue weighted by Crippen LogP contribution is -2.53. The van der Waals surface area contributed by atoms with E-state index >= 15 is 0 Å². The minimum atomic E-state index is -0.960. The van der Waals surface area contributed by atoms with Crippen molar-refractivity contribution in [2.75, 3.05) is 26.9 Å². The quantitative estimate of drug-likeness (QED) is 0.772. The zero-order chi connectivity index (χ0) is 15.6. The van der Waals surface area contributed by atoms with E-state index in [0.717, 1.165) is 6.07 Å². The molecule has 1 heterocycles. The maximum atomic E-state index is 13.8. The second-order valence-electron chi connectivity index (χ2n) is 4.69. The van der Waals surface area contributed by atoms with Crippen molar-refractivity contribution < 1.29 is 27.8 Å². The molecule has 0 saturated carbocycles. The molecule has 1 aromatic carbocycles. The molecule has 0 aliphatic carbocycles. The van der Waals surface area contributed by atoms with Gasteiger partial charge in [-0.15, -0.1) is 0 Å². The average molecular weight is 299 g/mol. The molecule has 1 fully saturated rings. The van der Waals surface area contributed by atoms with Gasteiger partial charge in [-0.1, -0.05) is 0 Å². The number of nitrogens with zero attached hydrogens (tertiary/aromatic N) is 1. The van der Waals surface area contributed by atoms with Crippen LogP contribution in [0, 0.1) is 18.6 Å². The Morgan fingerprint density at radius 2 is 2.05 bits per heavy atom. The Morgan fingerprint density at radius 1 is 1.33 bits per heavy atom. The van der Waals surface area contributed by atoms with Crippen LogP contribution in [0.15, 0.2) is 12.1 Å². The Kier molecular flexibility index (Phi) is 4.52. The smallest absolute Gasteiger partial charge is 0.331 e. The fourth-order valence-electron chi connectivity index (χ4n) is 2.15. The van der Waals surface area contributed by atoms with Gasteiger partial charge in [0.15, 0.2) is 6.04 Å². The van der Waals surface area contributed by atoms with Gasteiger partial charge in [-0.3, -0.25) is 4.79 Å². The Bertz CT molecular complexity index is 576. The zero-order valence-corrected chi connectivity index (χ0v) is 11.7. The van der Waals surface area contributed by atoms with Crippen LogP contribution < -0.4 is 0 Å². The number of hydrogen-bond acceptors (Lipinski definition) is 4. The predicted octanol–water partition coefficient (Wildman–Crippen LogP) is 1.29. The van der Waals surface area contributed by atoms with Crippen LogP contribution >= 0.6 is 0 Å². The number of hydrogen-bond donors (Lipinski definition) is 0. The monoisotopic (exact) mass is 299 g/mol. The van der Waals surface area contributed by atoms with Gasteiger partial charge in [0.2, 0.25) is 0 Å². The minimum absolute atomic E-state index is 0.0137. The summed E-state index contributed by atoms with van der Waals surface area (Å²) >= 11 is 0. The number of carbonyl (C=O) groups is 2. The number of esters is 1. The largest absolute Gasteiger partial charge is 0.467 e. The number of benzene rings is 1. The first-order chi connectivity index (χ1) is 9.95. The molecule has 1 amide bonds. The summed E-state index contributed by atoms with van der Waals surface area (Å²) in [7, 11) is 1.20. The lowest BCUT2D eigenvalue weighted by Gasteiger charge is -2.33. The van der Waals surface area contributed by atoms with E-state index < -0.39 is 29.6 Å². The van der Waals surface area contributed by atoms with E-state index in [4.69, 9.17) is 4.74 Å². The Labute approximate surface area is 120 Å². The topological polar surface area (TPSA) is 55.8 Å². The number of carbonyl (C=O) groups excluding carboxylic acids is 2. The third kappa shape index (κ3) is 3.02. The van der Waals surface area contributed by atoms with Gasteiger partial charge in [0.1, 0.15) is 11.6 Å². The minimum Gasteiger partial charge on any atom is -0.467 e. The molecule has 5 nitrogen and oxygen atoms in total. The van der Waals surface area contributed by atoms with Crippen molar-refractivity contribution >= 4 is 11.9 Å². The highest BCUT2D eigenvalue weighted by Crippen LogP contribution is 2.19. The molecule has 1 aromatic rings. The molecule has 114 valence electrons. The van der Waals surface area contributed by atoms with Crippen molar-refractivity contribution in [3.05, 3.63) is 34.9 Å². The molecule has 1 saturated heterocycles. The molecule has 0 bridgehead atoms. The van der Waals surface area contributed by atoms with Crippen LogP contribution in [-0.4, -0.2) is 49.7 Å². The third-order valence-electron chi connectivity index (χ3n) is 3.34. The van der Waals surface area contributed by atoms with Crippen molar-refractivity contribution in [2.24, 2.45) is 0 Å². The first kappa shape index (κ1) is 15.4. The van der Waals surface area contributed by atoms with Crippen molar-refractivity contribution in [1.82, 2.24) is 4.90 Å². The lowest BCUT2D eigenvalue weighted by molar-refractivity contribution is -0.151. The summed E-state index contributed by atoms with van der Waals surface area (Å²) in [5, 5.41) is 0. The number of methoxy groups -OCH3 is 1. The van der Waals surface area contributed by atoms with E-state index in [1.807, 2.05) is 0 Å². The van der Waals surface area contributed by atoms with E-state index in [9.17, 15) is 18.4 Å². The van der Waals surface area contributed by atoms with Crippen LogP contribution in [0.2, 0.25) is 0 Å². The Morgan fingerprint density at radius 3 is 2.71 bits per heavy atom. The third-order valence-corrected chi connectivity index (χ3v) is 3.34. The highest BCUT2D eigenvalue weighted by atomic mass is 19.1. The van der Waals surface area contributed by atoms with Crippen LogP contribution in [-0.2, 0) is 14.3 Å². The Hall–Kier alpha value is -2.02. The van der Waals surface area contributed by atoms with Gasteiger partial charge in [0.05, 0.1) is 25.9 Å². The number of morpholine rings is 1. The van der Waals surface area contributed by atoms with Gasteiger partial charge in [-0.05, 0) is 18.6 Å². The molecule has 1 unspecified atom stereocenters. The second-order valence-corrected chi connectivity index (χ2v) is 4.69. The summed E-state index contributed by atoms with van der Waals surface area (Å²) in [6.45, 7) is 1.79. The van der Waals surface area contributed by atoms with Gasteiger partial charge < -0.3 is 14.4 Å². The molecule has 7 heteroatoms. The maximum absolute atomic E-state index is 13.8. The summed E-state index contributed by atoms with van der Waals surface area (Å²) in [5.74, 6) is -3.01. The van der Waals surface area contributed by atoms with Crippen LogP contribution in [0.5, 0.6) is 0 Å². The SMILES string of the molecule is COC(=O)C1COCCN1C(=O)c1cc(C)c(F)cc1F. The van der Waals surface area contributed by atoms with Crippen LogP contribution in [0.4, 0.5) is 8.78 Å². The highest BCUT2D eigenvalue weighted by molar-refractivity contribution is 5.97. The lowest BCUT2D eigenvalue weighted by atomic mass is 10.1. The molecule has 2 rings (SSSR count). The van der Waals surface area contributed by atoms with Crippen LogP contribution in [0.3, 0.4) is 0 Å². The fourth-order valence-corrected chi connectivity index (χ4v) is 2.15. The molecule has 1 aliphatic rings. The number of aryl methyl sites for hydroxylation is 1. The number of amides is 1. The normalized spacial score (nSPS) is 18.5. The molecular weight excluding hydrogens is 284 g/mol. The van der Waals surface area contributed by atoms with Crippen molar-refractivity contribution in [2.45, 2.75) is 13.0 Å². The van der Waals surface area contributed by atoms with E-state index in [1.165, 1.54) is 18.9 Å². The van der Waals surface area contributed by atoms with Crippen LogP contribution in [0.1, 0.15) is 15.9 Å². The first-order valence-electron chi connectivity index (χ1n) is 6.38. The molecule has 1 atom stereocenters. The number of ether oxygens (including phenoxy) is 2. The molecule has 0 aromatic heterocycles. The first-order valence-corrected chi connectivity index (χ1v) is 6.38. The fraction of sp³-hybridized carbons (Fsp3) is 0.429. The predicted molar refractivity (Wildman–Crippen MR) is 68.8 cm³/mol. The number of halogens is 2. The van der Waals surface area contributed by atoms with E-state index in [1.54, 1.807) is 0 Å².